The van der Waals surface area contributed by atoms with Gasteiger partial charge in [0.05, 0.1) is 0 Å². The van der Waals surface area contributed by atoms with E-state index in [2.05, 4.69) is 27.9 Å². The molecule has 0 aromatic heterocycles. The third-order valence-electron chi connectivity index (χ3n) is 2.62. The summed E-state index contributed by atoms with van der Waals surface area (Å²) in [5.74, 6) is 0. The van der Waals surface area contributed by atoms with Crippen molar-refractivity contribution in [3.05, 3.63) is 63.7 Å². The van der Waals surface area contributed by atoms with E-state index in [0.29, 0.717) is 5.69 Å². The van der Waals surface area contributed by atoms with E-state index < -0.39 is 12.2 Å². The van der Waals surface area contributed by atoms with Gasteiger partial charge in [-0.1, -0.05) is 30.3 Å². The summed E-state index contributed by atoms with van der Waals surface area (Å²) in [7, 11) is 0. The van der Waals surface area contributed by atoms with Crippen molar-refractivity contribution in [2.75, 3.05) is 5.32 Å². The van der Waals surface area contributed by atoms with Gasteiger partial charge in [-0.25, -0.2) is 0 Å². The predicted molar refractivity (Wildman–Crippen MR) is 78.0 cm³/mol. The second kappa shape index (κ2) is 5.81. The van der Waals surface area contributed by atoms with Crippen molar-refractivity contribution >= 4 is 28.3 Å². The number of halogens is 4. The first-order valence-corrected chi connectivity index (χ1v) is 6.68. The summed E-state index contributed by atoms with van der Waals surface area (Å²) in [5, 5.41) is 2.53. The summed E-state index contributed by atoms with van der Waals surface area (Å²) in [5.41, 5.74) is 0.653. The molecule has 0 fully saturated rings. The van der Waals surface area contributed by atoms with Crippen LogP contribution in [-0.2, 0) is 0 Å². The Morgan fingerprint density at radius 2 is 1.47 bits per heavy atom. The Morgan fingerprint density at radius 3 is 2.00 bits per heavy atom. The van der Waals surface area contributed by atoms with E-state index in [4.69, 9.17) is 0 Å². The Balaban J connectivity index is 2.27. The van der Waals surface area contributed by atoms with Crippen molar-refractivity contribution in [3.63, 3.8) is 0 Å². The fourth-order valence-corrected chi connectivity index (χ4v) is 2.07. The first kappa shape index (κ1) is 14.2. The van der Waals surface area contributed by atoms with Gasteiger partial charge in [0.25, 0.3) is 0 Å². The third kappa shape index (κ3) is 3.86. The molecule has 0 amide bonds. The van der Waals surface area contributed by atoms with Crippen molar-refractivity contribution in [1.82, 2.24) is 0 Å². The summed E-state index contributed by atoms with van der Waals surface area (Å²) in [4.78, 5) is 0. The maximum Gasteiger partial charge on any atom is 0.412 e. The van der Waals surface area contributed by atoms with Crippen molar-refractivity contribution in [2.45, 2.75) is 12.2 Å². The van der Waals surface area contributed by atoms with Crippen molar-refractivity contribution in [2.24, 2.45) is 0 Å². The van der Waals surface area contributed by atoms with Crippen LogP contribution in [0.25, 0.3) is 0 Å². The van der Waals surface area contributed by atoms with Gasteiger partial charge in [0.2, 0.25) is 0 Å². The minimum absolute atomic E-state index is 0.202. The standard InChI is InChI=1S/C14H11F3IN/c15-14(16,17)13(10-4-2-1-3-5-10)19-12-8-6-11(18)7-9-12/h1-9,13,19H. The summed E-state index contributed by atoms with van der Waals surface area (Å²) in [6.45, 7) is 0. The SMILES string of the molecule is FC(F)(F)C(Nc1ccc(I)cc1)c1ccccc1. The highest BCUT2D eigenvalue weighted by atomic mass is 127. The summed E-state index contributed by atoms with van der Waals surface area (Å²) in [6.07, 6.45) is -4.34. The Hall–Kier alpha value is -1.24. The smallest absolute Gasteiger partial charge is 0.370 e. The molecule has 2 aromatic carbocycles. The molecule has 1 nitrogen and oxygen atoms in total. The molecule has 0 saturated carbocycles. The topological polar surface area (TPSA) is 12.0 Å². The molecule has 1 atom stereocenters. The highest BCUT2D eigenvalue weighted by Gasteiger charge is 2.40. The normalized spacial score (nSPS) is 13.1. The molecule has 0 spiro atoms. The lowest BCUT2D eigenvalue weighted by molar-refractivity contribution is -0.144. The number of anilines is 1. The number of rotatable bonds is 3. The zero-order valence-corrected chi connectivity index (χ0v) is 11.9. The maximum atomic E-state index is 13.1. The van der Waals surface area contributed by atoms with E-state index in [0.717, 1.165) is 3.57 Å². The average molecular weight is 377 g/mol. The van der Waals surface area contributed by atoms with Gasteiger partial charge in [0.1, 0.15) is 6.04 Å². The molecule has 0 aliphatic carbocycles. The first-order chi connectivity index (χ1) is 8.97. The zero-order chi connectivity index (χ0) is 13.9. The molecule has 0 aliphatic heterocycles. The third-order valence-corrected chi connectivity index (χ3v) is 3.33. The van der Waals surface area contributed by atoms with Crippen LogP contribution in [0.1, 0.15) is 11.6 Å². The Morgan fingerprint density at radius 1 is 0.895 bits per heavy atom. The number of benzene rings is 2. The van der Waals surface area contributed by atoms with Gasteiger partial charge in [-0.3, -0.25) is 0 Å². The number of nitrogens with one attached hydrogen (secondary N) is 1. The molecule has 100 valence electrons. The molecule has 5 heteroatoms. The van der Waals surface area contributed by atoms with Gasteiger partial charge in [0.15, 0.2) is 0 Å². The van der Waals surface area contributed by atoms with Crippen LogP contribution in [0.2, 0.25) is 0 Å². The maximum absolute atomic E-state index is 13.1. The number of hydrogen-bond acceptors (Lipinski definition) is 1. The van der Waals surface area contributed by atoms with Crippen molar-refractivity contribution in [1.29, 1.82) is 0 Å². The minimum Gasteiger partial charge on any atom is -0.370 e. The van der Waals surface area contributed by atoms with Crippen LogP contribution < -0.4 is 5.32 Å². The van der Waals surface area contributed by atoms with E-state index in [1.54, 1.807) is 42.5 Å². The fraction of sp³-hybridized carbons (Fsp3) is 0.143. The second-order valence-electron chi connectivity index (χ2n) is 4.04. The van der Waals surface area contributed by atoms with Crippen LogP contribution in [0.3, 0.4) is 0 Å². The molecular weight excluding hydrogens is 366 g/mol. The Bertz CT molecular complexity index is 523. The minimum atomic E-state index is -4.34. The highest BCUT2D eigenvalue weighted by Crippen LogP contribution is 2.35. The summed E-state index contributed by atoms with van der Waals surface area (Å²) < 4.78 is 40.3. The number of hydrogen-bond donors (Lipinski definition) is 1. The fourth-order valence-electron chi connectivity index (χ4n) is 1.71. The quantitative estimate of drug-likeness (QED) is 0.742. The summed E-state index contributed by atoms with van der Waals surface area (Å²) in [6, 6.07) is 13.0. The van der Waals surface area contributed by atoms with Gasteiger partial charge in [0, 0.05) is 9.26 Å². The largest absolute Gasteiger partial charge is 0.412 e. The monoisotopic (exact) mass is 377 g/mol. The van der Waals surface area contributed by atoms with Gasteiger partial charge in [-0.15, -0.1) is 0 Å². The molecule has 1 unspecified atom stereocenters. The zero-order valence-electron chi connectivity index (χ0n) is 9.79. The van der Waals surface area contributed by atoms with E-state index in [9.17, 15) is 13.2 Å². The molecule has 2 rings (SSSR count). The number of alkyl halides is 3. The van der Waals surface area contributed by atoms with Crippen LogP contribution >= 0.6 is 22.6 Å². The van der Waals surface area contributed by atoms with Gasteiger partial charge in [-0.05, 0) is 52.4 Å². The molecule has 0 aliphatic rings. The molecule has 2 aromatic rings. The van der Waals surface area contributed by atoms with E-state index >= 15 is 0 Å². The van der Waals surface area contributed by atoms with Crippen LogP contribution in [0.4, 0.5) is 18.9 Å². The van der Waals surface area contributed by atoms with E-state index in [1.807, 2.05) is 0 Å². The Labute approximate surface area is 123 Å². The lowest BCUT2D eigenvalue weighted by atomic mass is 10.1. The molecule has 1 N–H and O–H groups in total. The van der Waals surface area contributed by atoms with Gasteiger partial charge >= 0.3 is 6.18 Å². The molecule has 0 radical (unpaired) electrons. The van der Waals surface area contributed by atoms with Crippen LogP contribution in [0.15, 0.2) is 54.6 Å². The van der Waals surface area contributed by atoms with E-state index in [1.165, 1.54) is 12.1 Å². The molecular formula is C14H11F3IN. The molecule has 0 bridgehead atoms. The molecule has 0 saturated heterocycles. The summed E-state index contributed by atoms with van der Waals surface area (Å²) >= 11 is 2.11. The predicted octanol–water partition coefficient (Wildman–Crippen LogP) is 5.01. The average Bonchev–Trinajstić information content (AvgIpc) is 2.37. The van der Waals surface area contributed by atoms with E-state index in [-0.39, 0.29) is 5.56 Å². The van der Waals surface area contributed by atoms with Gasteiger partial charge in [-0.2, -0.15) is 13.2 Å². The van der Waals surface area contributed by atoms with Crippen LogP contribution in [-0.4, -0.2) is 6.18 Å². The molecule has 0 heterocycles. The van der Waals surface area contributed by atoms with Crippen molar-refractivity contribution in [3.8, 4) is 0 Å². The lowest BCUT2D eigenvalue weighted by Crippen LogP contribution is -2.27. The lowest BCUT2D eigenvalue weighted by Gasteiger charge is -2.23. The van der Waals surface area contributed by atoms with Crippen LogP contribution in [0, 0.1) is 3.57 Å². The highest BCUT2D eigenvalue weighted by molar-refractivity contribution is 14.1. The van der Waals surface area contributed by atoms with Crippen molar-refractivity contribution < 1.29 is 13.2 Å². The second-order valence-corrected chi connectivity index (χ2v) is 5.28. The molecule has 19 heavy (non-hydrogen) atoms. The van der Waals surface area contributed by atoms with Gasteiger partial charge < -0.3 is 5.32 Å². The first-order valence-electron chi connectivity index (χ1n) is 5.60. The van der Waals surface area contributed by atoms with Crippen LogP contribution in [0.5, 0.6) is 0 Å². The Kier molecular flexibility index (Phi) is 4.34.